The van der Waals surface area contributed by atoms with Crippen molar-refractivity contribution in [2.75, 3.05) is 51.4 Å². The number of phenolic OH excluding ortho intramolecular Hbond substituents is 2. The monoisotopic (exact) mass is 1870 g/mol. The number of benzene rings is 3. The van der Waals surface area contributed by atoms with Crippen molar-refractivity contribution in [1.29, 1.82) is 0 Å². The second-order valence-electron chi connectivity index (χ2n) is 34.4. The Hall–Kier alpha value is -12.9. The Labute approximate surface area is 766 Å². The van der Waals surface area contributed by atoms with Gasteiger partial charge < -0.3 is 135 Å². The van der Waals surface area contributed by atoms with Gasteiger partial charge in [0.1, 0.15) is 89.0 Å². The van der Waals surface area contributed by atoms with Gasteiger partial charge in [0, 0.05) is 53.9 Å². The Bertz CT molecular complexity index is 4640. The summed E-state index contributed by atoms with van der Waals surface area (Å²) in [4.78, 5) is 243. The summed E-state index contributed by atoms with van der Waals surface area (Å²) in [5, 5.41) is 103. The van der Waals surface area contributed by atoms with Crippen LogP contribution in [0.3, 0.4) is 0 Å². The molecule has 726 valence electrons. The summed E-state index contributed by atoms with van der Waals surface area (Å²) in [6, 6.07) is -0.565. The van der Waals surface area contributed by atoms with E-state index >= 15 is 4.79 Å². The Morgan fingerprint density at radius 3 is 1.61 bits per heavy atom. The lowest BCUT2D eigenvalue weighted by atomic mass is 9.77. The van der Waals surface area contributed by atoms with Gasteiger partial charge in [-0.15, -0.1) is 0 Å². The summed E-state index contributed by atoms with van der Waals surface area (Å²) in [5.74, 6) is -25.5. The van der Waals surface area contributed by atoms with E-state index in [1.807, 2.05) is 5.32 Å². The summed E-state index contributed by atoms with van der Waals surface area (Å²) in [6.45, 7) is 10.2. The van der Waals surface area contributed by atoms with Crippen molar-refractivity contribution in [3.63, 3.8) is 0 Å². The molecule has 0 saturated carbocycles. The SMILES string of the molecule is CC(C)C[C@H](NC(=O)[C@H](CC(=O)O)NC(=O)[C@H](CC(C)C)NC(=O)[C@]1(C)CCCCCCCCCCCC[C@](C)(NC(=O)CNC(=O)[C@H](CCC(N)=O)NC(=O)COCCOCCNC(=S)Nc2ccc3c(c2)C(=O)OC32c3ccc(O)cc3Oc3cc(O)ccc32)C(=O)N[C@@H](CC(C)C)C(=O)N[C@@H](CC(=O)O)C(=O)N1)C(=O)N[C@@H](CC(C(=O)O)C(=O)O)C(=O)N[C@@H](CO)C(N)=O. The van der Waals surface area contributed by atoms with Crippen molar-refractivity contribution < 1.29 is 141 Å². The third-order valence-electron chi connectivity index (χ3n) is 21.9. The molecule has 1 fully saturated rings. The molecule has 1 saturated heterocycles. The van der Waals surface area contributed by atoms with Crippen LogP contribution in [0.5, 0.6) is 23.0 Å². The van der Waals surface area contributed by atoms with Crippen LogP contribution in [-0.4, -0.2) is 253 Å². The number of primary amides is 2. The van der Waals surface area contributed by atoms with Crippen molar-refractivity contribution in [1.82, 2.24) is 63.8 Å². The fourth-order valence-electron chi connectivity index (χ4n) is 15.1. The van der Waals surface area contributed by atoms with Crippen molar-refractivity contribution in [2.24, 2.45) is 35.1 Å². The fraction of sp³-hybridized carbons (Fsp3) is 0.575. The van der Waals surface area contributed by atoms with E-state index in [9.17, 15) is 117 Å². The molecule has 3 aromatic carbocycles. The van der Waals surface area contributed by atoms with Crippen molar-refractivity contribution >= 4 is 130 Å². The van der Waals surface area contributed by atoms with Gasteiger partial charge in [-0.05, 0) is 119 Å². The maximum atomic E-state index is 15.0. The summed E-state index contributed by atoms with van der Waals surface area (Å²) in [5.41, 5.74) is 7.32. The van der Waals surface area contributed by atoms with E-state index in [-0.39, 0.29) is 111 Å². The predicted molar refractivity (Wildman–Crippen MR) is 472 cm³/mol. The van der Waals surface area contributed by atoms with Crippen LogP contribution in [0.1, 0.15) is 211 Å². The lowest BCUT2D eigenvalue weighted by Gasteiger charge is -2.36. The number of esters is 1. The molecule has 44 nitrogen and oxygen atoms in total. The Kier molecular flexibility index (Phi) is 41.7. The van der Waals surface area contributed by atoms with Crippen LogP contribution >= 0.6 is 12.2 Å². The van der Waals surface area contributed by atoms with Crippen molar-refractivity contribution in [3.05, 3.63) is 76.9 Å². The number of anilines is 1. The van der Waals surface area contributed by atoms with Gasteiger partial charge in [0.2, 0.25) is 76.8 Å². The first kappa shape index (κ1) is 108. The highest BCUT2D eigenvalue weighted by atomic mass is 32.1. The molecular formula is C87H123N15O29S. The van der Waals surface area contributed by atoms with Gasteiger partial charge in [0.25, 0.3) is 0 Å². The molecule has 0 unspecified atom stereocenters. The summed E-state index contributed by atoms with van der Waals surface area (Å²) in [6.07, 6.45) is 0.975. The number of amides is 13. The highest BCUT2D eigenvalue weighted by Gasteiger charge is 2.54. The number of aliphatic carboxylic acids is 4. The molecule has 3 aliphatic heterocycles. The standard InChI is InChI=1S/C87H123N15O29S/c1-45(2)33-57(73(115)95-60(39-52(79(121)122)80(123)124)76(118)98-63(43-103)71(89)113)94-77(119)61(40-69(109)110)96-74(116)58(34-46(3)4)100-83(127)86(8)28-18-16-14-12-10-9-11-13-15-17-27-85(7,82(126)99-59(35-47(5)6)75(117)97-62(41-70(111)112)78(120)102-86)101-67(107)42-91-72(114)56(25-26-66(88)106)93-68(108)44-129-32-31-128-30-29-90-84(132)92-48-19-22-53-51(36-48)81(125)131-87(53)54-23-20-49(104)37-64(54)130-65-38-50(105)21-24-55(65)87/h19-24,36-38,45-47,52,56-63,103-105H,9-18,25-35,39-44H2,1-8H3,(H2,88,106)(H2,89,113)(H,91,114)(H,93,108)(H,94,119)(H,95,115)(H,96,116)(H,97,117)(H,98,118)(H,99,126)(H,100,127)(H,101,107)(H,102,120)(H,109,110)(H,111,112)(H,121,122)(H,123,124)(H2,90,92,132)/t56-,57-,58-,59-,60-,61-,62-,63-,85-,86-/m0/s1. The zero-order valence-electron chi connectivity index (χ0n) is 74.9. The number of phenols is 2. The molecule has 24 N–H and O–H groups in total. The average molecular weight is 1880 g/mol. The maximum Gasteiger partial charge on any atom is 0.340 e. The van der Waals surface area contributed by atoms with E-state index in [2.05, 4.69) is 63.8 Å². The number of aliphatic hydroxyl groups is 1. The predicted octanol–water partition coefficient (Wildman–Crippen LogP) is 0.431. The van der Waals surface area contributed by atoms with E-state index in [1.165, 1.54) is 38.1 Å². The molecule has 3 heterocycles. The summed E-state index contributed by atoms with van der Waals surface area (Å²) in [7, 11) is 0. The Balaban J connectivity index is 1.09. The van der Waals surface area contributed by atoms with Crippen LogP contribution in [0.4, 0.5) is 5.69 Å². The zero-order valence-corrected chi connectivity index (χ0v) is 75.7. The van der Waals surface area contributed by atoms with Gasteiger partial charge in [-0.2, -0.15) is 0 Å². The third-order valence-corrected chi connectivity index (χ3v) is 22.2. The number of nitrogens with one attached hydrogen (secondary N) is 13. The molecule has 0 radical (unpaired) electrons. The highest BCUT2D eigenvalue weighted by molar-refractivity contribution is 7.80. The van der Waals surface area contributed by atoms with Gasteiger partial charge in [-0.1, -0.05) is 112 Å². The smallest absolute Gasteiger partial charge is 0.340 e. The zero-order chi connectivity index (χ0) is 98.1. The molecule has 0 aromatic heterocycles. The lowest BCUT2D eigenvalue weighted by molar-refractivity contribution is -0.156. The van der Waals surface area contributed by atoms with Crippen LogP contribution in [0, 0.1) is 23.7 Å². The molecule has 1 spiro atoms. The highest BCUT2D eigenvalue weighted by Crippen LogP contribution is 2.57. The van der Waals surface area contributed by atoms with Crippen LogP contribution in [0.2, 0.25) is 0 Å². The fourth-order valence-corrected chi connectivity index (χ4v) is 15.3. The molecular weight excluding hydrogens is 1750 g/mol. The number of fused-ring (bicyclic) bond motifs is 6. The van der Waals surface area contributed by atoms with Gasteiger partial charge in [0.15, 0.2) is 16.6 Å². The molecule has 0 bridgehead atoms. The number of nitrogens with two attached hydrogens (primary N) is 2. The molecule has 132 heavy (non-hydrogen) atoms. The van der Waals surface area contributed by atoms with E-state index in [0.717, 1.165) is 25.7 Å². The molecule has 10 atom stereocenters. The van der Waals surface area contributed by atoms with Gasteiger partial charge in [-0.25, -0.2) is 4.79 Å². The first-order valence-corrected chi connectivity index (χ1v) is 43.9. The van der Waals surface area contributed by atoms with Gasteiger partial charge in [0.05, 0.1) is 51.4 Å². The number of rotatable bonds is 43. The number of thiocarbonyl (C=S) groups is 1. The average Bonchev–Trinajstić information content (AvgIpc) is 1.52. The largest absolute Gasteiger partial charge is 0.508 e. The number of carboxylic acid groups (broad SMARTS) is 4. The van der Waals surface area contributed by atoms with Gasteiger partial charge >= 0.3 is 29.8 Å². The number of ether oxygens (including phenoxy) is 4. The first-order chi connectivity index (χ1) is 62.2. The molecule has 6 rings (SSSR count). The number of aromatic hydroxyl groups is 2. The van der Waals surface area contributed by atoms with E-state index in [4.69, 9.17) is 42.6 Å². The number of carbonyl (C=O) groups is 18. The maximum absolute atomic E-state index is 15.0. The normalized spacial score (nSPS) is 19.0. The van der Waals surface area contributed by atoms with E-state index in [0.29, 0.717) is 54.5 Å². The summed E-state index contributed by atoms with van der Waals surface area (Å²) < 4.78 is 23.3. The minimum absolute atomic E-state index is 0.00858. The minimum atomic E-state index is -2.35. The van der Waals surface area contributed by atoms with Crippen molar-refractivity contribution in [2.45, 2.75) is 249 Å². The quantitative estimate of drug-likeness (QED) is 0.0158. The Morgan fingerprint density at radius 2 is 1.08 bits per heavy atom. The van der Waals surface area contributed by atoms with Crippen LogP contribution < -0.4 is 85.3 Å². The number of hydrogen-bond acceptors (Lipinski definition) is 26. The molecule has 3 aromatic rings. The van der Waals surface area contributed by atoms with E-state index in [1.54, 1.807) is 71.9 Å². The number of carbonyl (C=O) groups excluding carboxylic acids is 14. The topological polar surface area (TPSA) is 694 Å². The van der Waals surface area contributed by atoms with Crippen LogP contribution in [0.15, 0.2) is 54.6 Å². The molecule has 3 aliphatic rings. The summed E-state index contributed by atoms with van der Waals surface area (Å²) >= 11 is 5.50. The third kappa shape index (κ3) is 32.9. The van der Waals surface area contributed by atoms with Gasteiger partial charge in [-0.3, -0.25) is 81.5 Å². The second-order valence-corrected chi connectivity index (χ2v) is 34.8. The molecule has 0 aliphatic carbocycles. The molecule has 13 amide bonds. The van der Waals surface area contributed by atoms with E-state index < -0.39 is 234 Å². The first-order valence-electron chi connectivity index (χ1n) is 43.5. The van der Waals surface area contributed by atoms with Crippen LogP contribution in [0.25, 0.3) is 0 Å². The number of carboxylic acids is 4. The second kappa shape index (κ2) is 51.0. The molecule has 45 heteroatoms. The number of aliphatic hydroxyl groups excluding tert-OH is 1. The van der Waals surface area contributed by atoms with Crippen LogP contribution in [-0.2, 0) is 101 Å². The number of hydrogen-bond donors (Lipinski definition) is 22. The lowest BCUT2D eigenvalue weighted by Crippen LogP contribution is -2.65. The van der Waals surface area contributed by atoms with Crippen molar-refractivity contribution in [3.8, 4) is 23.0 Å². The Morgan fingerprint density at radius 1 is 0.553 bits per heavy atom. The minimum Gasteiger partial charge on any atom is -0.508 e.